The van der Waals surface area contributed by atoms with Crippen molar-refractivity contribution in [2.45, 2.75) is 25.4 Å². The molecule has 2 aromatic rings. The molecule has 1 aliphatic rings. The van der Waals surface area contributed by atoms with Crippen molar-refractivity contribution >= 4 is 50.9 Å². The lowest BCUT2D eigenvalue weighted by molar-refractivity contribution is -0.191. The van der Waals surface area contributed by atoms with E-state index in [2.05, 4.69) is 10.0 Å². The van der Waals surface area contributed by atoms with E-state index < -0.39 is 34.0 Å². The van der Waals surface area contributed by atoms with Gasteiger partial charge in [0.1, 0.15) is 11.9 Å². The van der Waals surface area contributed by atoms with E-state index in [9.17, 15) is 17.6 Å². The van der Waals surface area contributed by atoms with Crippen molar-refractivity contribution in [1.29, 1.82) is 0 Å². The number of nitrogens with zero attached hydrogens (tertiary/aromatic N) is 1. The monoisotopic (exact) mass is 461 g/mol. The number of aryl methyl sites for hydroxylation is 1. The molecule has 3 rings (SSSR count). The molecule has 29 heavy (non-hydrogen) atoms. The molecule has 8 nitrogen and oxygen atoms in total. The number of carbonyl (C=O) groups excluding carboxylic acids is 3. The first kappa shape index (κ1) is 23.1. The SMILES string of the molecule is Cc1csc(C2CC(C(=O)Nc3ccc(F)c(Cl)c3)N(C)S(=O)(=O)N2)c1.O=C=O. The average molecular weight is 462 g/mol. The molecule has 156 valence electrons. The number of amides is 1. The van der Waals surface area contributed by atoms with Gasteiger partial charge in [-0.15, -0.1) is 11.3 Å². The van der Waals surface area contributed by atoms with Gasteiger partial charge in [0.25, 0.3) is 10.2 Å². The maximum atomic E-state index is 13.3. The van der Waals surface area contributed by atoms with E-state index in [-0.39, 0.29) is 17.6 Å². The molecule has 2 atom stereocenters. The van der Waals surface area contributed by atoms with Crippen LogP contribution in [0.25, 0.3) is 0 Å². The number of likely N-dealkylation sites (N-methyl/N-ethyl adjacent to an activating group) is 1. The highest BCUT2D eigenvalue weighted by molar-refractivity contribution is 7.87. The summed E-state index contributed by atoms with van der Waals surface area (Å²) in [5.74, 6) is -1.10. The van der Waals surface area contributed by atoms with Crippen LogP contribution in [0.2, 0.25) is 5.02 Å². The molecule has 0 saturated carbocycles. The molecule has 1 aliphatic heterocycles. The van der Waals surface area contributed by atoms with Crippen LogP contribution >= 0.6 is 22.9 Å². The molecular formula is C17H17ClFN3O5S2. The topological polar surface area (TPSA) is 113 Å². The second-order valence-corrected chi connectivity index (χ2v) is 9.28. The van der Waals surface area contributed by atoms with E-state index in [1.165, 1.54) is 30.5 Å². The summed E-state index contributed by atoms with van der Waals surface area (Å²) in [6, 6.07) is 4.30. The van der Waals surface area contributed by atoms with Gasteiger partial charge < -0.3 is 5.32 Å². The van der Waals surface area contributed by atoms with E-state index in [0.717, 1.165) is 20.8 Å². The van der Waals surface area contributed by atoms with Crippen LogP contribution in [0.4, 0.5) is 10.1 Å². The lowest BCUT2D eigenvalue weighted by atomic mass is 10.0. The van der Waals surface area contributed by atoms with E-state index in [0.29, 0.717) is 5.69 Å². The number of halogens is 2. The lowest BCUT2D eigenvalue weighted by Gasteiger charge is -2.35. The summed E-state index contributed by atoms with van der Waals surface area (Å²) in [6.45, 7) is 1.92. The zero-order valence-electron chi connectivity index (χ0n) is 15.3. The van der Waals surface area contributed by atoms with Gasteiger partial charge in [-0.3, -0.25) is 4.79 Å². The van der Waals surface area contributed by atoms with Crippen molar-refractivity contribution in [3.63, 3.8) is 0 Å². The molecule has 12 heteroatoms. The average Bonchev–Trinajstić information content (AvgIpc) is 3.07. The Morgan fingerprint density at radius 1 is 1.38 bits per heavy atom. The number of anilines is 1. The number of rotatable bonds is 3. The fourth-order valence-electron chi connectivity index (χ4n) is 2.73. The molecule has 1 aromatic heterocycles. The normalized spacial score (nSPS) is 20.8. The van der Waals surface area contributed by atoms with Crippen molar-refractivity contribution < 1.29 is 27.2 Å². The number of hydrogen-bond acceptors (Lipinski definition) is 6. The summed E-state index contributed by atoms with van der Waals surface area (Å²) >= 11 is 7.16. The molecule has 0 aliphatic carbocycles. The summed E-state index contributed by atoms with van der Waals surface area (Å²) < 4.78 is 41.7. The molecule has 1 amide bonds. The fraction of sp³-hybridized carbons (Fsp3) is 0.294. The first-order chi connectivity index (χ1) is 13.6. The van der Waals surface area contributed by atoms with Crippen molar-refractivity contribution in [1.82, 2.24) is 9.03 Å². The Bertz CT molecular complexity index is 1040. The molecule has 1 aromatic carbocycles. The van der Waals surface area contributed by atoms with Crippen LogP contribution in [-0.2, 0) is 24.6 Å². The summed E-state index contributed by atoms with van der Waals surface area (Å²) in [5, 5.41) is 4.41. The Labute approximate surface area is 175 Å². The first-order valence-electron chi connectivity index (χ1n) is 8.14. The van der Waals surface area contributed by atoms with Gasteiger partial charge in [-0.25, -0.2) is 4.39 Å². The number of benzene rings is 1. The van der Waals surface area contributed by atoms with Crippen LogP contribution in [0, 0.1) is 12.7 Å². The smallest absolute Gasteiger partial charge is 0.325 e. The number of carbonyl (C=O) groups is 1. The molecule has 0 spiro atoms. The summed E-state index contributed by atoms with van der Waals surface area (Å²) in [4.78, 5) is 29.8. The number of thiophene rings is 1. The predicted molar refractivity (Wildman–Crippen MR) is 105 cm³/mol. The van der Waals surface area contributed by atoms with Crippen molar-refractivity contribution in [3.8, 4) is 0 Å². The first-order valence-corrected chi connectivity index (χ1v) is 10.8. The molecule has 1 saturated heterocycles. The summed E-state index contributed by atoms with van der Waals surface area (Å²) in [5.41, 5.74) is 1.33. The minimum Gasteiger partial charge on any atom is -0.325 e. The highest BCUT2D eigenvalue weighted by Gasteiger charge is 2.41. The molecule has 2 N–H and O–H groups in total. The second kappa shape index (κ2) is 9.57. The summed E-state index contributed by atoms with van der Waals surface area (Å²) in [6.07, 6.45) is 0.524. The van der Waals surface area contributed by atoms with Crippen LogP contribution in [0.3, 0.4) is 0 Å². The van der Waals surface area contributed by atoms with Crippen LogP contribution < -0.4 is 10.0 Å². The van der Waals surface area contributed by atoms with Gasteiger partial charge >= 0.3 is 6.15 Å². The highest BCUT2D eigenvalue weighted by Crippen LogP contribution is 2.32. The quantitative estimate of drug-likeness (QED) is 0.729. The molecular weight excluding hydrogens is 445 g/mol. The van der Waals surface area contributed by atoms with Gasteiger partial charge in [-0.1, -0.05) is 11.6 Å². The van der Waals surface area contributed by atoms with E-state index >= 15 is 0 Å². The van der Waals surface area contributed by atoms with E-state index in [1.54, 1.807) is 0 Å². The standard InChI is InChI=1S/C16H17ClFN3O3S2.CO2/c1-9-5-15(25-8-9)13-7-14(21(2)26(23,24)20-13)16(22)19-10-3-4-12(18)11(17)6-10;2-1-3/h3-6,8,13-14,20H,7H2,1-2H3,(H,19,22);. The number of hydrogen-bond donors (Lipinski definition) is 2. The third-order valence-corrected chi connectivity index (χ3v) is 7.20. The van der Waals surface area contributed by atoms with Crippen LogP contribution in [0.1, 0.15) is 22.9 Å². The molecule has 0 radical (unpaired) electrons. The maximum Gasteiger partial charge on any atom is 0.373 e. The fourth-order valence-corrected chi connectivity index (χ4v) is 5.22. The second-order valence-electron chi connectivity index (χ2n) is 6.17. The minimum absolute atomic E-state index is 0.124. The van der Waals surface area contributed by atoms with Gasteiger partial charge in [0.05, 0.1) is 11.1 Å². The molecule has 1 fully saturated rings. The Balaban J connectivity index is 0.000000941. The van der Waals surface area contributed by atoms with Crippen molar-refractivity contribution in [2.75, 3.05) is 12.4 Å². The van der Waals surface area contributed by atoms with Crippen LogP contribution in [-0.4, -0.2) is 37.9 Å². The van der Waals surface area contributed by atoms with Gasteiger partial charge in [0.2, 0.25) is 5.91 Å². The van der Waals surface area contributed by atoms with Gasteiger partial charge in [-0.05, 0) is 48.6 Å². The predicted octanol–water partition coefficient (Wildman–Crippen LogP) is 2.48. The Kier molecular flexibility index (Phi) is 7.64. The van der Waals surface area contributed by atoms with Gasteiger partial charge in [0, 0.05) is 17.6 Å². The van der Waals surface area contributed by atoms with Crippen molar-refractivity contribution in [2.24, 2.45) is 0 Å². The lowest BCUT2D eigenvalue weighted by Crippen LogP contribution is -2.55. The van der Waals surface area contributed by atoms with Gasteiger partial charge in [0.15, 0.2) is 0 Å². The zero-order chi connectivity index (χ0) is 21.8. The summed E-state index contributed by atoms with van der Waals surface area (Å²) in [7, 11) is -2.46. The van der Waals surface area contributed by atoms with E-state index in [1.807, 2.05) is 18.4 Å². The highest BCUT2D eigenvalue weighted by atomic mass is 35.5. The molecule has 0 bridgehead atoms. The molecule has 2 heterocycles. The Hall–Kier alpha value is -2.14. The van der Waals surface area contributed by atoms with Gasteiger partial charge in [-0.2, -0.15) is 27.0 Å². The maximum absolute atomic E-state index is 13.3. The van der Waals surface area contributed by atoms with E-state index in [4.69, 9.17) is 21.2 Å². The zero-order valence-corrected chi connectivity index (χ0v) is 17.7. The Morgan fingerprint density at radius 2 is 2.03 bits per heavy atom. The largest absolute Gasteiger partial charge is 0.373 e. The Morgan fingerprint density at radius 3 is 2.59 bits per heavy atom. The number of nitrogens with one attached hydrogen (secondary N) is 2. The van der Waals surface area contributed by atoms with Crippen LogP contribution in [0.5, 0.6) is 0 Å². The molecule has 2 unspecified atom stereocenters. The van der Waals surface area contributed by atoms with Crippen LogP contribution in [0.15, 0.2) is 29.6 Å². The minimum atomic E-state index is -3.81. The third kappa shape index (κ3) is 5.69. The van der Waals surface area contributed by atoms with Crippen molar-refractivity contribution in [3.05, 3.63) is 50.9 Å². The third-order valence-electron chi connectivity index (χ3n) is 4.15.